The molecule has 0 aromatic rings. The number of esters is 2. The molecule has 0 amide bonds. The molecule has 0 aliphatic rings. The van der Waals surface area contributed by atoms with Gasteiger partial charge in [-0.05, 0) is 19.3 Å². The van der Waals surface area contributed by atoms with Gasteiger partial charge >= 0.3 is 27.3 Å². The molecule has 0 heterocycles. The molecule has 0 saturated heterocycles. The van der Waals surface area contributed by atoms with E-state index in [-0.39, 0.29) is 31.3 Å². The van der Waals surface area contributed by atoms with Gasteiger partial charge in [-0.25, -0.2) is 4.79 Å². The summed E-state index contributed by atoms with van der Waals surface area (Å²) in [6.45, 7) is 3.07. The molecule has 0 fully saturated rings. The highest BCUT2D eigenvalue weighted by Crippen LogP contribution is 2.22. The lowest BCUT2D eigenvalue weighted by atomic mass is 10.1. The Balaban J connectivity index is 3.93. The van der Waals surface area contributed by atoms with Crippen molar-refractivity contribution in [2.45, 2.75) is 38.4 Å². The van der Waals surface area contributed by atoms with Crippen molar-refractivity contribution >= 4 is 22.1 Å². The van der Waals surface area contributed by atoms with E-state index in [1.54, 1.807) is 6.92 Å². The van der Waals surface area contributed by atoms with Crippen molar-refractivity contribution in [2.24, 2.45) is 5.92 Å². The summed E-state index contributed by atoms with van der Waals surface area (Å²) < 4.78 is 63.0. The van der Waals surface area contributed by atoms with Crippen molar-refractivity contribution in [3.63, 3.8) is 0 Å². The van der Waals surface area contributed by atoms with Gasteiger partial charge in [0.1, 0.15) is 0 Å². The molecule has 0 aliphatic heterocycles. The third-order valence-electron chi connectivity index (χ3n) is 2.59. The van der Waals surface area contributed by atoms with Gasteiger partial charge in [0.15, 0.2) is 0 Å². The van der Waals surface area contributed by atoms with Crippen molar-refractivity contribution in [1.29, 1.82) is 0 Å². The molecule has 10 heteroatoms. The van der Waals surface area contributed by atoms with Crippen LogP contribution in [0.15, 0.2) is 0 Å². The van der Waals surface area contributed by atoms with Gasteiger partial charge in [0, 0.05) is 0 Å². The van der Waals surface area contributed by atoms with E-state index in [4.69, 9.17) is 9.29 Å². The quantitative estimate of drug-likeness (QED) is 0.386. The van der Waals surface area contributed by atoms with Crippen molar-refractivity contribution < 1.29 is 40.8 Å². The fourth-order valence-corrected chi connectivity index (χ4v) is 1.31. The first-order valence-corrected chi connectivity index (χ1v) is 7.66. The lowest BCUT2D eigenvalue weighted by molar-refractivity contribution is -0.162. The summed E-state index contributed by atoms with van der Waals surface area (Å²) in [5.41, 5.74) is 0. The maximum Gasteiger partial charge on any atom is 0.465 e. The summed E-state index contributed by atoms with van der Waals surface area (Å²) in [4.78, 5) is 22.0. The van der Waals surface area contributed by atoms with Crippen LogP contribution in [0.1, 0.15) is 33.1 Å². The molecular weight excluding hydrogens is 314 g/mol. The second-order valence-corrected chi connectivity index (χ2v) is 5.77. The summed E-state index contributed by atoms with van der Waals surface area (Å²) in [6.07, 6.45) is 0.981. The summed E-state index contributed by atoms with van der Waals surface area (Å²) >= 11 is 0. The van der Waals surface area contributed by atoms with Crippen LogP contribution in [-0.4, -0.2) is 43.4 Å². The molecule has 0 spiro atoms. The number of ether oxygens (including phenoxy) is 2. The number of carbonyl (C=O) groups is 2. The topological polar surface area (TPSA) is 107 Å². The normalized spacial score (nSPS) is 13.6. The largest absolute Gasteiger partial charge is 0.465 e. The smallest absolute Gasteiger partial charge is 0.465 e. The summed E-state index contributed by atoms with van der Waals surface area (Å²) in [7, 11) is -5.85. The highest BCUT2D eigenvalue weighted by Gasteiger charge is 2.54. The summed E-state index contributed by atoms with van der Waals surface area (Å²) in [5.74, 6) is -2.97. The number of carbonyl (C=O) groups excluding carboxylic acids is 2. The van der Waals surface area contributed by atoms with E-state index in [0.29, 0.717) is 6.42 Å². The first kappa shape index (κ1) is 19.7. The second kappa shape index (κ2) is 8.23. The molecule has 1 unspecified atom stereocenters. The first-order chi connectivity index (χ1) is 9.54. The Hall–Kier alpha value is -1.29. The van der Waals surface area contributed by atoms with Crippen LogP contribution in [0.5, 0.6) is 0 Å². The minimum Gasteiger partial charge on any atom is -0.465 e. The van der Waals surface area contributed by atoms with Gasteiger partial charge in [-0.2, -0.15) is 17.2 Å². The lowest BCUT2D eigenvalue weighted by Gasteiger charge is -2.12. The van der Waals surface area contributed by atoms with Crippen LogP contribution >= 0.6 is 0 Å². The molecule has 0 radical (unpaired) electrons. The highest BCUT2D eigenvalue weighted by molar-refractivity contribution is 7.87. The fraction of sp³-hybridized carbons (Fsp3) is 0.818. The number of unbranched alkanes of at least 4 members (excludes halogenated alkanes) is 1. The standard InChI is InChI=1S/C11H18F2O7S/c1-3-8(2)9(14)19-6-4-5-7-20-10(15)11(12,13)21(16,17)18/h8H,3-7H2,1-2H3,(H,16,17,18). The minimum absolute atomic E-state index is 0.0371. The molecule has 1 N–H and O–H groups in total. The molecule has 7 nitrogen and oxygen atoms in total. The Morgan fingerprint density at radius 2 is 1.67 bits per heavy atom. The van der Waals surface area contributed by atoms with Gasteiger partial charge in [-0.3, -0.25) is 9.35 Å². The lowest BCUT2D eigenvalue weighted by Crippen LogP contribution is -2.39. The average molecular weight is 332 g/mol. The van der Waals surface area contributed by atoms with Crippen LogP contribution < -0.4 is 0 Å². The Morgan fingerprint density at radius 3 is 2.10 bits per heavy atom. The van der Waals surface area contributed by atoms with Gasteiger partial charge in [-0.1, -0.05) is 13.8 Å². The van der Waals surface area contributed by atoms with Gasteiger partial charge < -0.3 is 9.47 Å². The van der Waals surface area contributed by atoms with Crippen molar-refractivity contribution in [3.05, 3.63) is 0 Å². The number of halogens is 2. The average Bonchev–Trinajstić information content (AvgIpc) is 2.39. The zero-order valence-electron chi connectivity index (χ0n) is 11.7. The van der Waals surface area contributed by atoms with Gasteiger partial charge in [0.25, 0.3) is 0 Å². The Labute approximate surface area is 121 Å². The number of rotatable bonds is 9. The maximum atomic E-state index is 12.8. The van der Waals surface area contributed by atoms with Crippen molar-refractivity contribution in [2.75, 3.05) is 13.2 Å². The van der Waals surface area contributed by atoms with Gasteiger partial charge in [0.05, 0.1) is 19.1 Å². The van der Waals surface area contributed by atoms with Crippen LogP contribution in [0, 0.1) is 5.92 Å². The van der Waals surface area contributed by atoms with Gasteiger partial charge in [-0.15, -0.1) is 0 Å². The van der Waals surface area contributed by atoms with Crippen LogP contribution in [0.25, 0.3) is 0 Å². The Kier molecular flexibility index (Phi) is 7.72. The van der Waals surface area contributed by atoms with Crippen LogP contribution in [0.3, 0.4) is 0 Å². The van der Waals surface area contributed by atoms with Gasteiger partial charge in [0.2, 0.25) is 0 Å². The van der Waals surface area contributed by atoms with E-state index in [0.717, 1.165) is 0 Å². The molecule has 0 saturated carbocycles. The Morgan fingerprint density at radius 1 is 1.19 bits per heavy atom. The van der Waals surface area contributed by atoms with Crippen molar-refractivity contribution in [1.82, 2.24) is 0 Å². The third kappa shape index (κ3) is 6.34. The van der Waals surface area contributed by atoms with Crippen LogP contribution in [-0.2, 0) is 29.2 Å². The molecule has 124 valence electrons. The zero-order valence-corrected chi connectivity index (χ0v) is 12.5. The van der Waals surface area contributed by atoms with E-state index in [2.05, 4.69) is 4.74 Å². The third-order valence-corrected chi connectivity index (χ3v) is 3.41. The molecule has 0 bridgehead atoms. The predicted molar refractivity (Wildman–Crippen MR) is 67.1 cm³/mol. The number of hydrogen-bond donors (Lipinski definition) is 1. The molecule has 21 heavy (non-hydrogen) atoms. The molecule has 0 aliphatic carbocycles. The van der Waals surface area contributed by atoms with E-state index in [1.807, 2.05) is 6.92 Å². The molecule has 0 rings (SSSR count). The highest BCUT2D eigenvalue weighted by atomic mass is 32.2. The zero-order chi connectivity index (χ0) is 16.7. The summed E-state index contributed by atoms with van der Waals surface area (Å²) in [6, 6.07) is 0. The van der Waals surface area contributed by atoms with E-state index in [1.165, 1.54) is 0 Å². The summed E-state index contributed by atoms with van der Waals surface area (Å²) in [5, 5.41) is -4.99. The van der Waals surface area contributed by atoms with E-state index >= 15 is 0 Å². The second-order valence-electron chi connectivity index (χ2n) is 4.31. The fourth-order valence-electron chi connectivity index (χ4n) is 1.04. The number of hydrogen-bond acceptors (Lipinski definition) is 6. The Bertz CT molecular complexity index is 461. The maximum absolute atomic E-state index is 12.8. The first-order valence-electron chi connectivity index (χ1n) is 6.22. The molecule has 0 aromatic heterocycles. The molecule has 1 atom stereocenters. The van der Waals surface area contributed by atoms with Crippen LogP contribution in [0.2, 0.25) is 0 Å². The SMILES string of the molecule is CCC(C)C(=O)OCCCCOC(=O)C(F)(F)S(=O)(=O)O. The van der Waals surface area contributed by atoms with E-state index in [9.17, 15) is 26.8 Å². The minimum atomic E-state index is -5.85. The predicted octanol–water partition coefficient (Wildman–Crippen LogP) is 1.38. The monoisotopic (exact) mass is 332 g/mol. The molecular formula is C11H18F2O7S. The number of alkyl halides is 2. The van der Waals surface area contributed by atoms with E-state index < -0.39 is 27.9 Å². The molecule has 0 aromatic carbocycles. The van der Waals surface area contributed by atoms with Crippen LogP contribution in [0.4, 0.5) is 8.78 Å². The van der Waals surface area contributed by atoms with Crippen molar-refractivity contribution in [3.8, 4) is 0 Å².